The number of carbonyl (C=O) groups is 2. The Morgan fingerprint density at radius 2 is 1.62 bits per heavy atom. The van der Waals surface area contributed by atoms with Crippen LogP contribution in [-0.2, 0) is 11.3 Å². The molecule has 4 rings (SSSR count). The Morgan fingerprint density at radius 3 is 2.34 bits per heavy atom. The van der Waals surface area contributed by atoms with Gasteiger partial charge in [-0.25, -0.2) is 4.98 Å². The van der Waals surface area contributed by atoms with Crippen molar-refractivity contribution < 1.29 is 9.59 Å². The van der Waals surface area contributed by atoms with Gasteiger partial charge in [0.15, 0.2) is 5.82 Å². The molecule has 32 heavy (non-hydrogen) atoms. The number of carbonyl (C=O) groups excluding carboxylic acids is 2. The monoisotopic (exact) mass is 428 g/mol. The van der Waals surface area contributed by atoms with Gasteiger partial charge in [0.05, 0.1) is 11.4 Å². The number of nitrogens with zero attached hydrogens (tertiary/aromatic N) is 1. The third-order valence-corrected chi connectivity index (χ3v) is 5.89. The zero-order chi connectivity index (χ0) is 22.3. The van der Waals surface area contributed by atoms with Crippen LogP contribution in [0.25, 0.3) is 11.3 Å². The molecule has 6 heteroatoms. The van der Waals surface area contributed by atoms with Gasteiger partial charge in [-0.15, -0.1) is 0 Å². The average Bonchev–Trinajstić information content (AvgIpc) is 2.85. The molecule has 1 heterocycles. The molecular weight excluding hydrogens is 400 g/mol. The number of pyridine rings is 1. The zero-order valence-corrected chi connectivity index (χ0v) is 18.0. The predicted octanol–water partition coefficient (Wildman–Crippen LogP) is 4.78. The van der Waals surface area contributed by atoms with E-state index in [1.807, 2.05) is 48.5 Å². The van der Waals surface area contributed by atoms with E-state index in [9.17, 15) is 9.59 Å². The molecule has 0 saturated heterocycles. The fourth-order valence-corrected chi connectivity index (χ4v) is 3.99. The summed E-state index contributed by atoms with van der Waals surface area (Å²) in [5.41, 5.74) is 9.57. The maximum atomic E-state index is 12.7. The minimum atomic E-state index is -0.285. The molecule has 0 bridgehead atoms. The van der Waals surface area contributed by atoms with Gasteiger partial charge in [0.25, 0.3) is 5.91 Å². The van der Waals surface area contributed by atoms with Crippen LogP contribution in [0.1, 0.15) is 48.0 Å². The van der Waals surface area contributed by atoms with Gasteiger partial charge in [-0.05, 0) is 42.7 Å². The van der Waals surface area contributed by atoms with Crippen LogP contribution < -0.4 is 16.4 Å². The molecule has 1 saturated carbocycles. The van der Waals surface area contributed by atoms with Crippen molar-refractivity contribution in [3.8, 4) is 11.3 Å². The van der Waals surface area contributed by atoms with Crippen molar-refractivity contribution in [1.29, 1.82) is 0 Å². The Balaban J connectivity index is 1.37. The largest absolute Gasteiger partial charge is 0.396 e. The number of amides is 2. The minimum Gasteiger partial charge on any atom is -0.396 e. The van der Waals surface area contributed by atoms with Gasteiger partial charge in [-0.3, -0.25) is 9.59 Å². The molecule has 1 aromatic heterocycles. The molecule has 1 fully saturated rings. The van der Waals surface area contributed by atoms with E-state index in [1.165, 1.54) is 6.42 Å². The van der Waals surface area contributed by atoms with Crippen LogP contribution in [0.2, 0.25) is 0 Å². The molecule has 4 N–H and O–H groups in total. The van der Waals surface area contributed by atoms with E-state index in [1.54, 1.807) is 18.2 Å². The first kappa shape index (κ1) is 21.6. The molecule has 3 aromatic rings. The molecule has 6 nitrogen and oxygen atoms in total. The van der Waals surface area contributed by atoms with Gasteiger partial charge in [0.1, 0.15) is 0 Å². The number of hydrogen-bond donors (Lipinski definition) is 3. The maximum Gasteiger partial charge on any atom is 0.256 e. The number of anilines is 2. The van der Waals surface area contributed by atoms with Gasteiger partial charge < -0.3 is 16.4 Å². The van der Waals surface area contributed by atoms with E-state index in [-0.39, 0.29) is 17.7 Å². The van der Waals surface area contributed by atoms with Crippen molar-refractivity contribution in [2.24, 2.45) is 5.92 Å². The lowest BCUT2D eigenvalue weighted by atomic mass is 9.88. The number of nitrogens with two attached hydrogens (primary N) is 1. The summed E-state index contributed by atoms with van der Waals surface area (Å²) >= 11 is 0. The van der Waals surface area contributed by atoms with Crippen LogP contribution in [0, 0.1) is 5.92 Å². The molecule has 2 amide bonds. The van der Waals surface area contributed by atoms with Gasteiger partial charge in [0, 0.05) is 23.6 Å². The summed E-state index contributed by atoms with van der Waals surface area (Å²) in [5.74, 6) is 0.317. The van der Waals surface area contributed by atoms with Gasteiger partial charge in [0.2, 0.25) is 5.91 Å². The summed E-state index contributed by atoms with van der Waals surface area (Å²) in [7, 11) is 0. The number of hydrogen-bond acceptors (Lipinski definition) is 4. The van der Waals surface area contributed by atoms with Crippen LogP contribution in [0.3, 0.4) is 0 Å². The van der Waals surface area contributed by atoms with Crippen molar-refractivity contribution in [2.75, 3.05) is 11.1 Å². The first-order chi connectivity index (χ1) is 15.6. The highest BCUT2D eigenvalue weighted by molar-refractivity contribution is 6.05. The van der Waals surface area contributed by atoms with Crippen LogP contribution in [-0.4, -0.2) is 16.8 Å². The van der Waals surface area contributed by atoms with Gasteiger partial charge in [-0.1, -0.05) is 61.7 Å². The maximum absolute atomic E-state index is 12.7. The number of rotatable bonds is 6. The van der Waals surface area contributed by atoms with Crippen molar-refractivity contribution in [3.63, 3.8) is 0 Å². The number of nitrogen functional groups attached to an aromatic ring is 1. The summed E-state index contributed by atoms with van der Waals surface area (Å²) in [6, 6.07) is 20.5. The van der Waals surface area contributed by atoms with E-state index in [0.717, 1.165) is 42.5 Å². The van der Waals surface area contributed by atoms with Crippen molar-refractivity contribution in [3.05, 3.63) is 77.9 Å². The molecule has 0 unspecified atom stereocenters. The van der Waals surface area contributed by atoms with E-state index >= 15 is 0 Å². The summed E-state index contributed by atoms with van der Waals surface area (Å²) in [5, 5.41) is 5.82. The van der Waals surface area contributed by atoms with Crippen molar-refractivity contribution >= 4 is 23.3 Å². The second kappa shape index (κ2) is 10.1. The topological polar surface area (TPSA) is 97.1 Å². The highest BCUT2D eigenvalue weighted by Gasteiger charge is 2.20. The van der Waals surface area contributed by atoms with Crippen molar-refractivity contribution in [1.82, 2.24) is 10.3 Å². The molecule has 0 spiro atoms. The second-order valence-corrected chi connectivity index (χ2v) is 8.20. The Hall–Kier alpha value is -3.67. The number of aromatic nitrogens is 1. The lowest BCUT2D eigenvalue weighted by Gasteiger charge is -2.20. The van der Waals surface area contributed by atoms with E-state index in [0.29, 0.717) is 23.6 Å². The normalized spacial score (nSPS) is 14.0. The summed E-state index contributed by atoms with van der Waals surface area (Å²) in [6.45, 7) is 0.463. The van der Waals surface area contributed by atoms with E-state index in [4.69, 9.17) is 5.73 Å². The minimum absolute atomic E-state index is 0.131. The third-order valence-electron chi connectivity index (χ3n) is 5.89. The molecule has 1 aliphatic rings. The lowest BCUT2D eigenvalue weighted by molar-refractivity contribution is -0.126. The van der Waals surface area contributed by atoms with Crippen LogP contribution in [0.4, 0.5) is 11.5 Å². The lowest BCUT2D eigenvalue weighted by Crippen LogP contribution is -2.31. The quantitative estimate of drug-likeness (QED) is 0.526. The summed E-state index contributed by atoms with van der Waals surface area (Å²) in [6.07, 6.45) is 5.46. The van der Waals surface area contributed by atoms with E-state index in [2.05, 4.69) is 15.6 Å². The first-order valence-electron chi connectivity index (χ1n) is 11.1. The molecule has 1 aliphatic carbocycles. The predicted molar refractivity (Wildman–Crippen MR) is 127 cm³/mol. The molecule has 0 radical (unpaired) electrons. The Labute approximate surface area is 188 Å². The number of nitrogens with one attached hydrogen (secondary N) is 2. The SMILES string of the molecule is Nc1ccc(-c2ccccc2)nc1NC(=O)c1ccc(CNC(=O)C2CCCCC2)cc1. The third kappa shape index (κ3) is 5.32. The van der Waals surface area contributed by atoms with E-state index < -0.39 is 0 Å². The highest BCUT2D eigenvalue weighted by Crippen LogP contribution is 2.25. The average molecular weight is 429 g/mol. The molecule has 164 valence electrons. The standard InChI is InChI=1S/C26H28N4O2/c27-22-15-16-23(19-7-3-1-4-8-19)29-24(22)30-26(32)21-13-11-18(12-14-21)17-28-25(31)20-9-5-2-6-10-20/h1,3-4,7-8,11-16,20H,2,5-6,9-10,17,27H2,(H,28,31)(H,29,30,32). The first-order valence-corrected chi connectivity index (χ1v) is 11.1. The highest BCUT2D eigenvalue weighted by atomic mass is 16.2. The summed E-state index contributed by atoms with van der Waals surface area (Å²) < 4.78 is 0. The van der Waals surface area contributed by atoms with Crippen molar-refractivity contribution in [2.45, 2.75) is 38.6 Å². The van der Waals surface area contributed by atoms with Crippen LogP contribution >= 0.6 is 0 Å². The Morgan fingerprint density at radius 1 is 0.906 bits per heavy atom. The molecular formula is C26H28N4O2. The Bertz CT molecular complexity index is 1070. The zero-order valence-electron chi connectivity index (χ0n) is 18.0. The van der Waals surface area contributed by atoms with Crippen LogP contribution in [0.5, 0.6) is 0 Å². The molecule has 0 aliphatic heterocycles. The van der Waals surface area contributed by atoms with Crippen LogP contribution in [0.15, 0.2) is 66.7 Å². The summed E-state index contributed by atoms with van der Waals surface area (Å²) in [4.78, 5) is 29.6. The second-order valence-electron chi connectivity index (χ2n) is 8.20. The fraction of sp³-hybridized carbons (Fsp3) is 0.269. The Kier molecular flexibility index (Phi) is 6.80. The van der Waals surface area contributed by atoms with Gasteiger partial charge >= 0.3 is 0 Å². The van der Waals surface area contributed by atoms with Gasteiger partial charge in [-0.2, -0.15) is 0 Å². The molecule has 0 atom stereocenters. The smallest absolute Gasteiger partial charge is 0.256 e. The number of benzene rings is 2. The molecule has 2 aromatic carbocycles. The fourth-order valence-electron chi connectivity index (χ4n) is 3.99.